The van der Waals surface area contributed by atoms with Crippen LogP contribution in [-0.2, 0) is 12.4 Å². The van der Waals surface area contributed by atoms with Gasteiger partial charge >= 0.3 is 12.4 Å². The number of fused-ring (bicyclic) bond motifs is 6. The van der Waals surface area contributed by atoms with Crippen molar-refractivity contribution in [2.45, 2.75) is 40.0 Å². The van der Waals surface area contributed by atoms with Gasteiger partial charge in [0.05, 0.1) is 50.1 Å². The molecule has 0 radical (unpaired) electrons. The molecule has 0 N–H and O–H groups in total. The molecule has 0 aliphatic rings. The molecule has 0 aliphatic carbocycles. The molecule has 0 saturated heterocycles. The van der Waals surface area contributed by atoms with Gasteiger partial charge < -0.3 is 9.13 Å². The largest absolute Gasteiger partial charge is 0.417 e. The van der Waals surface area contributed by atoms with Crippen LogP contribution >= 0.6 is 0 Å². The molecule has 0 unspecified atom stereocenters. The zero-order valence-corrected chi connectivity index (χ0v) is 41.7. The summed E-state index contributed by atoms with van der Waals surface area (Å²) in [4.78, 5) is 0. The van der Waals surface area contributed by atoms with Crippen LogP contribution in [0, 0.1) is 39.0 Å². The maximum Gasteiger partial charge on any atom is 0.417 e. The minimum atomic E-state index is -5.24. The summed E-state index contributed by atoms with van der Waals surface area (Å²) in [6.45, 7) is 7.95. The summed E-state index contributed by atoms with van der Waals surface area (Å²) in [6, 6.07) is 62.8. The molecule has 76 heavy (non-hydrogen) atoms. The van der Waals surface area contributed by atoms with E-state index in [9.17, 15) is 5.26 Å². The predicted octanol–water partition coefficient (Wildman–Crippen LogP) is 19.4. The third-order valence-electron chi connectivity index (χ3n) is 14.7. The van der Waals surface area contributed by atoms with E-state index in [0.717, 1.165) is 83.6 Å². The van der Waals surface area contributed by atoms with Gasteiger partial charge in [0, 0.05) is 32.7 Å². The lowest BCUT2D eigenvalue weighted by Crippen LogP contribution is -2.15. The number of aromatic nitrogens is 2. The van der Waals surface area contributed by atoms with Crippen LogP contribution in [0.3, 0.4) is 0 Å². The van der Waals surface area contributed by atoms with E-state index < -0.39 is 29.0 Å². The molecule has 0 fully saturated rings. The first-order valence-electron chi connectivity index (χ1n) is 24.8. The molecular formula is C67H45F6N3. The van der Waals surface area contributed by atoms with Crippen LogP contribution in [0.1, 0.15) is 38.9 Å². The Labute approximate surface area is 434 Å². The van der Waals surface area contributed by atoms with Crippen LogP contribution < -0.4 is 0 Å². The highest BCUT2D eigenvalue weighted by Crippen LogP contribution is 2.50. The standard InChI is InChI=1S/C67H45F6N3/c1-39-8-16-43(17-9-39)47-24-28-52-53-29-25-48(44-18-10-40(2)11-19-44)33-61(53)75(60(52)32-47)59-37-56(65-57(66(68,69)70)6-5-7-58(65)67(71,72)73)64(36-51(59)38-74)76-62-34-49(45-20-12-41(3)13-21-45)26-30-54(62)55-31-27-50(35-63(55)76)46-22-14-42(4)15-23-46/h5-37H,1-4H3. The second kappa shape index (κ2) is 18.1. The molecule has 12 aromatic rings. The third kappa shape index (κ3) is 8.27. The Morgan fingerprint density at radius 3 is 0.921 bits per heavy atom. The minimum absolute atomic E-state index is 0.0245. The van der Waals surface area contributed by atoms with Crippen LogP contribution in [0.25, 0.3) is 111 Å². The predicted molar refractivity (Wildman–Crippen MR) is 296 cm³/mol. The molecule has 9 heteroatoms. The second-order valence-electron chi connectivity index (χ2n) is 19.8. The third-order valence-corrected chi connectivity index (χ3v) is 14.7. The Hall–Kier alpha value is -9.13. The van der Waals surface area contributed by atoms with Crippen molar-refractivity contribution in [1.29, 1.82) is 5.26 Å². The van der Waals surface area contributed by atoms with E-state index in [0.29, 0.717) is 45.0 Å². The van der Waals surface area contributed by atoms with Crippen molar-refractivity contribution in [3.8, 4) is 73.1 Å². The number of hydrogen-bond acceptors (Lipinski definition) is 1. The number of rotatable bonds is 7. The average Bonchev–Trinajstić information content (AvgIpc) is 4.08. The van der Waals surface area contributed by atoms with Crippen molar-refractivity contribution in [2.24, 2.45) is 0 Å². The molecule has 0 bridgehead atoms. The Morgan fingerprint density at radius 2 is 0.632 bits per heavy atom. The summed E-state index contributed by atoms with van der Waals surface area (Å²) in [5.41, 5.74) is 8.93. The Bertz CT molecular complexity index is 4080. The van der Waals surface area contributed by atoms with Crippen LogP contribution in [0.2, 0.25) is 0 Å². The highest BCUT2D eigenvalue weighted by molar-refractivity contribution is 6.13. The fraction of sp³-hybridized carbons (Fsp3) is 0.0896. The summed E-state index contributed by atoms with van der Waals surface area (Å²) in [7, 11) is 0. The number of nitriles is 1. The lowest BCUT2D eigenvalue weighted by Gasteiger charge is -2.24. The maximum atomic E-state index is 15.8. The van der Waals surface area contributed by atoms with E-state index in [1.54, 1.807) is 4.57 Å². The van der Waals surface area contributed by atoms with Crippen LogP contribution in [0.5, 0.6) is 0 Å². The molecule has 370 valence electrons. The van der Waals surface area contributed by atoms with Crippen molar-refractivity contribution in [2.75, 3.05) is 0 Å². The van der Waals surface area contributed by atoms with Gasteiger partial charge in [0.25, 0.3) is 0 Å². The molecule has 10 aromatic carbocycles. The van der Waals surface area contributed by atoms with E-state index in [1.165, 1.54) is 12.1 Å². The van der Waals surface area contributed by atoms with Gasteiger partial charge in [0.15, 0.2) is 0 Å². The molecule has 0 saturated carbocycles. The first-order valence-corrected chi connectivity index (χ1v) is 24.8. The number of halogens is 6. The molecule has 2 heterocycles. The van der Waals surface area contributed by atoms with Crippen LogP contribution in [0.4, 0.5) is 26.3 Å². The average molecular weight is 1010 g/mol. The van der Waals surface area contributed by atoms with Gasteiger partial charge in [-0.15, -0.1) is 0 Å². The normalized spacial score (nSPS) is 12.1. The quantitative estimate of drug-likeness (QED) is 0.147. The molecule has 0 atom stereocenters. The highest BCUT2D eigenvalue weighted by Gasteiger charge is 2.42. The SMILES string of the molecule is Cc1ccc(-c2ccc3c4ccc(-c5ccc(C)cc5)cc4n(-c4cc(-c5c(C(F)(F)F)cccc5C(F)(F)F)c(-n5c6cc(-c7ccc(C)cc7)ccc6c6ccc(-c7ccc(C)cc7)cc65)cc4C#N)c3c2)cc1. The summed E-state index contributed by atoms with van der Waals surface area (Å²) < 4.78 is 98.3. The number of alkyl halides is 6. The molecule has 0 amide bonds. The van der Waals surface area contributed by atoms with Gasteiger partial charge in [-0.2, -0.15) is 31.6 Å². The first kappa shape index (κ1) is 47.8. The van der Waals surface area contributed by atoms with E-state index in [4.69, 9.17) is 0 Å². The molecular weight excluding hydrogens is 961 g/mol. The summed E-state index contributed by atoms with van der Waals surface area (Å²) in [6.07, 6.45) is -10.5. The summed E-state index contributed by atoms with van der Waals surface area (Å²) >= 11 is 0. The maximum absolute atomic E-state index is 15.8. The number of hydrogen-bond donors (Lipinski definition) is 0. The summed E-state index contributed by atoms with van der Waals surface area (Å²) in [5.74, 6) is 0. The fourth-order valence-electron chi connectivity index (χ4n) is 10.8. The molecule has 0 aliphatic heterocycles. The van der Waals surface area contributed by atoms with Crippen molar-refractivity contribution >= 4 is 43.6 Å². The lowest BCUT2D eigenvalue weighted by molar-refractivity contribution is -0.142. The van der Waals surface area contributed by atoms with Gasteiger partial charge in [-0.1, -0.05) is 174 Å². The second-order valence-corrected chi connectivity index (χ2v) is 19.8. The molecule has 12 rings (SSSR count). The fourth-order valence-corrected chi connectivity index (χ4v) is 10.8. The monoisotopic (exact) mass is 1010 g/mol. The first-order chi connectivity index (χ1) is 36.5. The van der Waals surface area contributed by atoms with Gasteiger partial charge in [-0.05, 0) is 121 Å². The Kier molecular flexibility index (Phi) is 11.4. The van der Waals surface area contributed by atoms with Gasteiger partial charge in [-0.25, -0.2) is 0 Å². The van der Waals surface area contributed by atoms with Gasteiger partial charge in [-0.3, -0.25) is 0 Å². The smallest absolute Gasteiger partial charge is 0.309 e. The Balaban J connectivity index is 1.25. The van der Waals surface area contributed by atoms with E-state index in [2.05, 4.69) is 6.07 Å². The van der Waals surface area contributed by atoms with Crippen LogP contribution in [-0.4, -0.2) is 9.13 Å². The van der Waals surface area contributed by atoms with Gasteiger partial charge in [0.1, 0.15) is 6.07 Å². The number of benzene rings is 10. The van der Waals surface area contributed by atoms with Crippen LogP contribution in [0.15, 0.2) is 200 Å². The molecule has 2 aromatic heterocycles. The molecule has 0 spiro atoms. The van der Waals surface area contributed by atoms with Crippen molar-refractivity contribution in [1.82, 2.24) is 9.13 Å². The van der Waals surface area contributed by atoms with E-state index in [1.807, 2.05) is 202 Å². The zero-order chi connectivity index (χ0) is 52.8. The minimum Gasteiger partial charge on any atom is -0.309 e. The zero-order valence-electron chi connectivity index (χ0n) is 41.7. The van der Waals surface area contributed by atoms with Crippen molar-refractivity contribution < 1.29 is 26.3 Å². The van der Waals surface area contributed by atoms with E-state index in [-0.39, 0.29) is 22.5 Å². The van der Waals surface area contributed by atoms with Crippen molar-refractivity contribution in [3.05, 3.63) is 239 Å². The van der Waals surface area contributed by atoms with E-state index >= 15 is 26.3 Å². The number of nitrogens with zero attached hydrogens (tertiary/aromatic N) is 3. The Morgan fingerprint density at radius 1 is 0.342 bits per heavy atom. The summed E-state index contributed by atoms with van der Waals surface area (Å²) in [5, 5.41) is 14.5. The lowest BCUT2D eigenvalue weighted by atomic mass is 9.90. The topological polar surface area (TPSA) is 33.6 Å². The highest BCUT2D eigenvalue weighted by atomic mass is 19.4. The number of aryl methyl sites for hydroxylation is 4. The van der Waals surface area contributed by atoms with Crippen molar-refractivity contribution in [3.63, 3.8) is 0 Å². The van der Waals surface area contributed by atoms with Gasteiger partial charge in [0.2, 0.25) is 0 Å². The molecule has 3 nitrogen and oxygen atoms in total.